The molecule has 1 atom stereocenters. The van der Waals surface area contributed by atoms with Crippen molar-refractivity contribution in [3.05, 3.63) is 18.1 Å². The molecule has 2 aliphatic rings. The lowest BCUT2D eigenvalue weighted by Crippen LogP contribution is -2.38. The Bertz CT molecular complexity index is 665. The molecule has 2 amide bonds. The molecule has 1 spiro atoms. The Morgan fingerprint density at radius 2 is 2.08 bits per heavy atom. The number of amides is 2. The molecule has 25 heavy (non-hydrogen) atoms. The second kappa shape index (κ2) is 6.95. The lowest BCUT2D eigenvalue weighted by atomic mass is 9.85. The van der Waals surface area contributed by atoms with Gasteiger partial charge in [0.05, 0.1) is 24.4 Å². The van der Waals surface area contributed by atoms with Gasteiger partial charge in [-0.25, -0.2) is 4.98 Å². The third kappa shape index (κ3) is 3.30. The predicted molar refractivity (Wildman–Crippen MR) is 92.4 cm³/mol. The molecular weight excluding hydrogens is 322 g/mol. The third-order valence-corrected chi connectivity index (χ3v) is 5.09. The van der Waals surface area contributed by atoms with Crippen molar-refractivity contribution >= 4 is 17.6 Å². The molecule has 2 aliphatic heterocycles. The fraction of sp³-hybridized carbons (Fsp3) is 0.647. The van der Waals surface area contributed by atoms with E-state index in [0.29, 0.717) is 31.2 Å². The van der Waals surface area contributed by atoms with Crippen LogP contribution in [0.15, 0.2) is 12.4 Å². The molecule has 1 unspecified atom stereocenters. The molecule has 8 nitrogen and oxygen atoms in total. The van der Waals surface area contributed by atoms with Crippen LogP contribution in [0.25, 0.3) is 0 Å². The maximum Gasteiger partial charge on any atom is 0.273 e. The third-order valence-electron chi connectivity index (χ3n) is 5.09. The molecule has 0 bridgehead atoms. The molecular formula is C17H25N5O3. The molecule has 3 heterocycles. The summed E-state index contributed by atoms with van der Waals surface area (Å²) in [5.74, 6) is 0.694. The largest absolute Gasteiger partial charge is 0.383 e. The second-order valence-electron chi connectivity index (χ2n) is 6.95. The summed E-state index contributed by atoms with van der Waals surface area (Å²) in [6.07, 6.45) is 4.80. The Morgan fingerprint density at radius 1 is 1.32 bits per heavy atom. The summed E-state index contributed by atoms with van der Waals surface area (Å²) >= 11 is 0. The minimum absolute atomic E-state index is 0.175. The van der Waals surface area contributed by atoms with E-state index in [-0.39, 0.29) is 17.2 Å². The van der Waals surface area contributed by atoms with E-state index in [1.165, 1.54) is 11.1 Å². The van der Waals surface area contributed by atoms with Crippen molar-refractivity contribution in [2.75, 3.05) is 58.9 Å². The topological polar surface area (TPSA) is 78.9 Å². The monoisotopic (exact) mass is 347 g/mol. The number of ether oxygens (including phenoxy) is 1. The molecule has 3 rings (SSSR count). The van der Waals surface area contributed by atoms with Gasteiger partial charge >= 0.3 is 0 Å². The van der Waals surface area contributed by atoms with Crippen molar-refractivity contribution in [2.45, 2.75) is 12.8 Å². The molecule has 0 aliphatic carbocycles. The number of hydrogen-bond donors (Lipinski definition) is 0. The lowest BCUT2D eigenvalue weighted by molar-refractivity contribution is -0.135. The van der Waals surface area contributed by atoms with Gasteiger partial charge in [-0.15, -0.1) is 0 Å². The molecule has 2 saturated heterocycles. The Kier molecular flexibility index (Phi) is 4.89. The maximum absolute atomic E-state index is 12.8. The van der Waals surface area contributed by atoms with E-state index in [9.17, 15) is 9.59 Å². The molecule has 0 radical (unpaired) electrons. The van der Waals surface area contributed by atoms with E-state index in [2.05, 4.69) is 14.9 Å². The van der Waals surface area contributed by atoms with Crippen LogP contribution in [0.4, 0.5) is 5.82 Å². The molecule has 0 saturated carbocycles. The summed E-state index contributed by atoms with van der Waals surface area (Å²) in [5, 5.41) is 0. The normalized spacial score (nSPS) is 22.9. The fourth-order valence-corrected chi connectivity index (χ4v) is 3.59. The number of nitrogens with zero attached hydrogens (tertiary/aromatic N) is 5. The molecule has 8 heteroatoms. The van der Waals surface area contributed by atoms with E-state index >= 15 is 0 Å². The zero-order valence-corrected chi connectivity index (χ0v) is 15.1. The van der Waals surface area contributed by atoms with Crippen LogP contribution in [-0.4, -0.2) is 85.6 Å². The summed E-state index contributed by atoms with van der Waals surface area (Å²) in [5.41, 5.74) is -0.0142. The lowest BCUT2D eigenvalue weighted by Gasteiger charge is -2.24. The molecule has 2 fully saturated rings. The molecule has 1 aromatic rings. The first-order valence-electron chi connectivity index (χ1n) is 8.54. The highest BCUT2D eigenvalue weighted by Gasteiger charge is 2.50. The van der Waals surface area contributed by atoms with Crippen molar-refractivity contribution in [1.82, 2.24) is 19.8 Å². The first-order chi connectivity index (χ1) is 12.0. The van der Waals surface area contributed by atoms with Crippen LogP contribution < -0.4 is 4.90 Å². The Morgan fingerprint density at radius 3 is 2.80 bits per heavy atom. The molecule has 0 N–H and O–H groups in total. The number of carbonyl (C=O) groups is 2. The SMILES string of the molecule is COCCN1CCC2(CCN(c3cncc(C(=O)N(C)C)n3)C2)C1=O. The second-order valence-corrected chi connectivity index (χ2v) is 6.95. The summed E-state index contributed by atoms with van der Waals surface area (Å²) in [6, 6.07) is 0. The summed E-state index contributed by atoms with van der Waals surface area (Å²) in [6.45, 7) is 3.36. The van der Waals surface area contributed by atoms with Crippen LogP contribution in [0.5, 0.6) is 0 Å². The van der Waals surface area contributed by atoms with E-state index in [1.807, 2.05) is 4.90 Å². The standard InChI is InChI=1S/C17H25N5O3/c1-20(2)15(23)13-10-18-11-14(19-13)22-7-5-17(12-22)4-6-21(16(17)24)8-9-25-3/h10-11H,4-9,12H2,1-3H3. The van der Waals surface area contributed by atoms with Crippen molar-refractivity contribution < 1.29 is 14.3 Å². The van der Waals surface area contributed by atoms with Gasteiger partial charge in [0.15, 0.2) is 0 Å². The number of hydrogen-bond acceptors (Lipinski definition) is 6. The summed E-state index contributed by atoms with van der Waals surface area (Å²) in [7, 11) is 5.02. The van der Waals surface area contributed by atoms with Gasteiger partial charge in [0.25, 0.3) is 5.91 Å². The number of carbonyl (C=O) groups excluding carboxylic acids is 2. The van der Waals surface area contributed by atoms with Crippen LogP contribution in [0, 0.1) is 5.41 Å². The molecule has 136 valence electrons. The highest BCUT2D eigenvalue weighted by atomic mass is 16.5. The van der Waals surface area contributed by atoms with Gasteiger partial charge in [0.1, 0.15) is 11.5 Å². The van der Waals surface area contributed by atoms with Gasteiger partial charge < -0.3 is 19.4 Å². The zero-order valence-electron chi connectivity index (χ0n) is 15.1. The van der Waals surface area contributed by atoms with Crippen LogP contribution in [0.1, 0.15) is 23.3 Å². The van der Waals surface area contributed by atoms with Gasteiger partial charge in [0.2, 0.25) is 5.91 Å². The van der Waals surface area contributed by atoms with Crippen molar-refractivity contribution in [3.63, 3.8) is 0 Å². The van der Waals surface area contributed by atoms with Gasteiger partial charge in [-0.3, -0.25) is 14.6 Å². The highest BCUT2D eigenvalue weighted by molar-refractivity contribution is 5.92. The first kappa shape index (κ1) is 17.6. The van der Waals surface area contributed by atoms with Crippen LogP contribution >= 0.6 is 0 Å². The Hall–Kier alpha value is -2.22. The van der Waals surface area contributed by atoms with Crippen molar-refractivity contribution in [2.24, 2.45) is 5.41 Å². The van der Waals surface area contributed by atoms with Gasteiger partial charge in [-0.2, -0.15) is 0 Å². The number of likely N-dealkylation sites (tertiary alicyclic amines) is 1. The van der Waals surface area contributed by atoms with Crippen molar-refractivity contribution in [1.29, 1.82) is 0 Å². The average Bonchev–Trinajstić information content (AvgIpc) is 3.18. The van der Waals surface area contributed by atoms with E-state index in [4.69, 9.17) is 4.74 Å². The van der Waals surface area contributed by atoms with Crippen LogP contribution in [-0.2, 0) is 9.53 Å². The van der Waals surface area contributed by atoms with Crippen LogP contribution in [0.3, 0.4) is 0 Å². The number of rotatable bonds is 5. The van der Waals surface area contributed by atoms with Gasteiger partial charge in [-0.1, -0.05) is 0 Å². The van der Waals surface area contributed by atoms with E-state index in [1.54, 1.807) is 27.4 Å². The number of methoxy groups -OCH3 is 1. The highest BCUT2D eigenvalue weighted by Crippen LogP contribution is 2.41. The van der Waals surface area contributed by atoms with E-state index in [0.717, 1.165) is 25.9 Å². The number of anilines is 1. The summed E-state index contributed by atoms with van der Waals surface area (Å²) in [4.78, 5) is 39.0. The Labute approximate surface area is 147 Å². The smallest absolute Gasteiger partial charge is 0.273 e. The average molecular weight is 347 g/mol. The predicted octanol–water partition coefficient (Wildman–Crippen LogP) is 0.254. The zero-order chi connectivity index (χ0) is 18.0. The quantitative estimate of drug-likeness (QED) is 0.760. The van der Waals surface area contributed by atoms with Crippen molar-refractivity contribution in [3.8, 4) is 0 Å². The van der Waals surface area contributed by atoms with Gasteiger partial charge in [0, 0.05) is 47.4 Å². The minimum atomic E-state index is -0.336. The molecule has 1 aromatic heterocycles. The maximum atomic E-state index is 12.8. The fourth-order valence-electron chi connectivity index (χ4n) is 3.59. The van der Waals surface area contributed by atoms with E-state index < -0.39 is 0 Å². The van der Waals surface area contributed by atoms with Crippen LogP contribution in [0.2, 0.25) is 0 Å². The molecule has 0 aromatic carbocycles. The summed E-state index contributed by atoms with van der Waals surface area (Å²) < 4.78 is 5.09. The Balaban J connectivity index is 1.72. The minimum Gasteiger partial charge on any atom is -0.383 e. The van der Waals surface area contributed by atoms with Gasteiger partial charge in [-0.05, 0) is 12.8 Å². The number of aromatic nitrogens is 2. The first-order valence-corrected chi connectivity index (χ1v) is 8.54.